The van der Waals surface area contributed by atoms with Crippen molar-refractivity contribution in [3.8, 4) is 0 Å². The number of amides is 1. The van der Waals surface area contributed by atoms with Crippen LogP contribution < -0.4 is 4.90 Å². The van der Waals surface area contributed by atoms with Crippen molar-refractivity contribution in [1.29, 1.82) is 0 Å². The highest BCUT2D eigenvalue weighted by Crippen LogP contribution is 2.27. The van der Waals surface area contributed by atoms with Gasteiger partial charge in [0.15, 0.2) is 0 Å². The number of para-hydroxylation sites is 2. The third-order valence-electron chi connectivity index (χ3n) is 5.76. The molecular weight excluding hydrogens is 388 g/mol. The minimum Gasteiger partial charge on any atom is -0.444 e. The number of carbonyl (C=O) groups is 1. The van der Waals surface area contributed by atoms with Gasteiger partial charge in [0, 0.05) is 25.7 Å². The van der Waals surface area contributed by atoms with Gasteiger partial charge in [-0.05, 0) is 57.9 Å². The lowest BCUT2D eigenvalue weighted by Gasteiger charge is -2.40. The Balaban J connectivity index is 1.62. The van der Waals surface area contributed by atoms with Gasteiger partial charge in [-0.3, -0.25) is 0 Å². The van der Waals surface area contributed by atoms with Crippen molar-refractivity contribution >= 4 is 23.1 Å². The number of imidazole rings is 1. The molecule has 4 rings (SSSR count). The van der Waals surface area contributed by atoms with E-state index in [0.29, 0.717) is 6.54 Å². The van der Waals surface area contributed by atoms with E-state index in [1.54, 1.807) is 0 Å². The molecule has 6 heteroatoms. The fourth-order valence-electron chi connectivity index (χ4n) is 4.15. The molecule has 1 fully saturated rings. The van der Waals surface area contributed by atoms with Crippen LogP contribution in [0.4, 0.5) is 10.7 Å². The Bertz CT molecular complexity index is 1080. The van der Waals surface area contributed by atoms with Crippen LogP contribution in [0.1, 0.15) is 38.8 Å². The lowest BCUT2D eigenvalue weighted by atomic mass is 10.1. The first-order chi connectivity index (χ1) is 14.7. The molecule has 0 bridgehead atoms. The molecule has 1 atom stereocenters. The summed E-state index contributed by atoms with van der Waals surface area (Å²) in [6.07, 6.45) is -0.243. The lowest BCUT2D eigenvalue weighted by Crippen LogP contribution is -2.55. The minimum absolute atomic E-state index is 0.0373. The van der Waals surface area contributed by atoms with Crippen molar-refractivity contribution in [2.75, 3.05) is 24.5 Å². The third-order valence-corrected chi connectivity index (χ3v) is 5.76. The fourth-order valence-corrected chi connectivity index (χ4v) is 4.15. The molecule has 0 radical (unpaired) electrons. The zero-order chi connectivity index (χ0) is 22.2. The second kappa shape index (κ2) is 8.25. The van der Waals surface area contributed by atoms with Gasteiger partial charge in [0.2, 0.25) is 5.95 Å². The maximum absolute atomic E-state index is 12.6. The van der Waals surface area contributed by atoms with E-state index in [4.69, 9.17) is 9.72 Å². The second-order valence-electron chi connectivity index (χ2n) is 9.38. The van der Waals surface area contributed by atoms with Crippen molar-refractivity contribution in [2.45, 2.75) is 52.8 Å². The van der Waals surface area contributed by atoms with Gasteiger partial charge in [-0.2, -0.15) is 0 Å². The SMILES string of the molecule is Cc1ccccc1Cn1c(N2CCN(C(=O)OC(C)(C)C)C(C)C2)nc2ccccc21. The zero-order valence-electron chi connectivity index (χ0n) is 19.1. The molecule has 2 aromatic carbocycles. The number of nitrogens with zero attached hydrogens (tertiary/aromatic N) is 4. The number of hydrogen-bond acceptors (Lipinski definition) is 4. The van der Waals surface area contributed by atoms with E-state index >= 15 is 0 Å². The van der Waals surface area contributed by atoms with Crippen LogP contribution >= 0.6 is 0 Å². The molecule has 0 aliphatic carbocycles. The average Bonchev–Trinajstić information content (AvgIpc) is 3.07. The predicted molar refractivity (Wildman–Crippen MR) is 125 cm³/mol. The van der Waals surface area contributed by atoms with Gasteiger partial charge in [0.1, 0.15) is 5.60 Å². The van der Waals surface area contributed by atoms with Crippen LogP contribution in [0.5, 0.6) is 0 Å². The molecule has 1 aromatic heterocycles. The number of benzene rings is 2. The van der Waals surface area contributed by atoms with Crippen LogP contribution in [0.25, 0.3) is 11.0 Å². The maximum atomic E-state index is 12.6. The molecule has 0 spiro atoms. The molecule has 1 unspecified atom stereocenters. The zero-order valence-corrected chi connectivity index (χ0v) is 19.1. The van der Waals surface area contributed by atoms with Gasteiger partial charge in [-0.1, -0.05) is 36.4 Å². The number of anilines is 1. The maximum Gasteiger partial charge on any atom is 0.410 e. The second-order valence-corrected chi connectivity index (χ2v) is 9.38. The normalized spacial score (nSPS) is 17.3. The van der Waals surface area contributed by atoms with Crippen LogP contribution in [0, 0.1) is 6.92 Å². The van der Waals surface area contributed by atoms with E-state index in [1.165, 1.54) is 11.1 Å². The number of aromatic nitrogens is 2. The summed E-state index contributed by atoms with van der Waals surface area (Å²) in [5.74, 6) is 0.958. The summed E-state index contributed by atoms with van der Waals surface area (Å²) in [6.45, 7) is 12.8. The van der Waals surface area contributed by atoms with Crippen LogP contribution in [0.3, 0.4) is 0 Å². The summed E-state index contributed by atoms with van der Waals surface area (Å²) in [6, 6.07) is 16.8. The quantitative estimate of drug-likeness (QED) is 0.608. The number of carbonyl (C=O) groups excluding carboxylic acids is 1. The van der Waals surface area contributed by atoms with E-state index in [1.807, 2.05) is 31.7 Å². The van der Waals surface area contributed by atoms with E-state index < -0.39 is 5.60 Å². The Morgan fingerprint density at radius 2 is 1.81 bits per heavy atom. The molecule has 2 heterocycles. The highest BCUT2D eigenvalue weighted by atomic mass is 16.6. The summed E-state index contributed by atoms with van der Waals surface area (Å²) in [7, 11) is 0. The number of aryl methyl sites for hydroxylation is 1. The van der Waals surface area contributed by atoms with Crippen molar-refractivity contribution in [3.05, 3.63) is 59.7 Å². The topological polar surface area (TPSA) is 50.6 Å². The largest absolute Gasteiger partial charge is 0.444 e. The number of fused-ring (bicyclic) bond motifs is 1. The van der Waals surface area contributed by atoms with Gasteiger partial charge >= 0.3 is 6.09 Å². The summed E-state index contributed by atoms with van der Waals surface area (Å²) < 4.78 is 7.90. The fraction of sp³-hybridized carbons (Fsp3) is 0.440. The molecule has 164 valence electrons. The molecule has 1 aliphatic rings. The van der Waals surface area contributed by atoms with Crippen molar-refractivity contribution < 1.29 is 9.53 Å². The van der Waals surface area contributed by atoms with E-state index in [9.17, 15) is 4.79 Å². The monoisotopic (exact) mass is 420 g/mol. The Morgan fingerprint density at radius 1 is 1.10 bits per heavy atom. The number of rotatable bonds is 3. The van der Waals surface area contributed by atoms with Crippen molar-refractivity contribution in [2.24, 2.45) is 0 Å². The lowest BCUT2D eigenvalue weighted by molar-refractivity contribution is 0.0158. The molecular formula is C25H32N4O2. The summed E-state index contributed by atoms with van der Waals surface area (Å²) in [4.78, 5) is 21.7. The van der Waals surface area contributed by atoms with Gasteiger partial charge in [-0.15, -0.1) is 0 Å². The molecule has 1 amide bonds. The summed E-state index contributed by atoms with van der Waals surface area (Å²) in [5, 5.41) is 0. The Hall–Kier alpha value is -3.02. The third kappa shape index (κ3) is 4.53. The van der Waals surface area contributed by atoms with Crippen molar-refractivity contribution in [1.82, 2.24) is 14.5 Å². The smallest absolute Gasteiger partial charge is 0.410 e. The van der Waals surface area contributed by atoms with Gasteiger partial charge in [0.05, 0.1) is 17.6 Å². The minimum atomic E-state index is -0.491. The Labute approximate surface area is 184 Å². The Morgan fingerprint density at radius 3 is 2.52 bits per heavy atom. The highest BCUT2D eigenvalue weighted by Gasteiger charge is 2.32. The van der Waals surface area contributed by atoms with E-state index in [0.717, 1.165) is 36.6 Å². The summed E-state index contributed by atoms with van der Waals surface area (Å²) in [5.41, 5.74) is 4.19. The molecule has 1 saturated heterocycles. The van der Waals surface area contributed by atoms with E-state index in [-0.39, 0.29) is 12.1 Å². The average molecular weight is 421 g/mol. The van der Waals surface area contributed by atoms with Crippen LogP contribution in [0.2, 0.25) is 0 Å². The van der Waals surface area contributed by atoms with Crippen LogP contribution in [-0.4, -0.2) is 51.8 Å². The number of piperazine rings is 1. The predicted octanol–water partition coefficient (Wildman–Crippen LogP) is 4.84. The standard InChI is InChI=1S/C25H32N4O2/c1-18-10-6-7-11-20(18)17-29-22-13-9-8-12-21(22)26-23(29)27-14-15-28(19(2)16-27)24(30)31-25(3,4)5/h6-13,19H,14-17H2,1-5H3. The van der Waals surface area contributed by atoms with E-state index in [2.05, 4.69) is 65.8 Å². The first kappa shape index (κ1) is 21.2. The molecule has 1 aliphatic heterocycles. The number of hydrogen-bond donors (Lipinski definition) is 0. The van der Waals surface area contributed by atoms with Gasteiger partial charge < -0.3 is 19.1 Å². The highest BCUT2D eigenvalue weighted by molar-refractivity contribution is 5.79. The molecule has 31 heavy (non-hydrogen) atoms. The molecule has 6 nitrogen and oxygen atoms in total. The molecule has 3 aromatic rings. The van der Waals surface area contributed by atoms with Crippen LogP contribution in [0.15, 0.2) is 48.5 Å². The first-order valence-corrected chi connectivity index (χ1v) is 11.0. The van der Waals surface area contributed by atoms with Crippen LogP contribution in [-0.2, 0) is 11.3 Å². The molecule has 0 saturated carbocycles. The molecule has 0 N–H and O–H groups in total. The first-order valence-electron chi connectivity index (χ1n) is 11.0. The van der Waals surface area contributed by atoms with Gasteiger partial charge in [0.25, 0.3) is 0 Å². The van der Waals surface area contributed by atoms with Crippen molar-refractivity contribution in [3.63, 3.8) is 0 Å². The Kier molecular flexibility index (Phi) is 5.65. The summed E-state index contributed by atoms with van der Waals surface area (Å²) >= 11 is 0. The van der Waals surface area contributed by atoms with Gasteiger partial charge in [-0.25, -0.2) is 9.78 Å². The number of ether oxygens (including phenoxy) is 1.